The van der Waals surface area contributed by atoms with Crippen molar-refractivity contribution in [2.24, 2.45) is 0 Å². The monoisotopic (exact) mass is 312 g/mol. The predicted octanol–water partition coefficient (Wildman–Crippen LogP) is 2.99. The van der Waals surface area contributed by atoms with Gasteiger partial charge in [0.2, 0.25) is 5.91 Å². The molecule has 23 heavy (non-hydrogen) atoms. The summed E-state index contributed by atoms with van der Waals surface area (Å²) in [6.07, 6.45) is 0. The van der Waals surface area contributed by atoms with Crippen LogP contribution < -0.4 is 9.80 Å². The van der Waals surface area contributed by atoms with Crippen molar-refractivity contribution in [2.45, 2.75) is 5.91 Å². The fraction of sp³-hybridized carbons (Fsp3) is 0.368. The van der Waals surface area contributed by atoms with Gasteiger partial charge in [-0.2, -0.15) is 0 Å². The van der Waals surface area contributed by atoms with Crippen LogP contribution in [0.25, 0.3) is 0 Å². The van der Waals surface area contributed by atoms with Gasteiger partial charge >= 0.3 is 0 Å². The van der Waals surface area contributed by atoms with Gasteiger partial charge in [-0.1, -0.05) is 36.4 Å². The Hall–Kier alpha value is -2.04. The fourth-order valence-electron chi connectivity index (χ4n) is 3.47. The number of rotatable bonds is 6. The highest BCUT2D eigenvalue weighted by atomic mass is 15.7. The Bertz CT molecular complexity index is 540. The highest BCUT2D eigenvalue weighted by Crippen LogP contribution is 2.32. The van der Waals surface area contributed by atoms with Crippen molar-refractivity contribution in [1.82, 2.24) is 9.80 Å². The highest BCUT2D eigenvalue weighted by Gasteiger charge is 2.44. The highest BCUT2D eigenvalue weighted by molar-refractivity contribution is 5.54. The fourth-order valence-corrected chi connectivity index (χ4v) is 3.47. The molecule has 2 rings (SSSR count). The molecule has 0 fully saturated rings. The van der Waals surface area contributed by atoms with E-state index in [0.29, 0.717) is 0 Å². The first-order valence-electron chi connectivity index (χ1n) is 7.85. The third-order valence-electron chi connectivity index (χ3n) is 4.39. The van der Waals surface area contributed by atoms with E-state index in [9.17, 15) is 0 Å². The van der Waals surface area contributed by atoms with Gasteiger partial charge in [0.05, 0.1) is 0 Å². The second-order valence-corrected chi connectivity index (χ2v) is 6.18. The topological polar surface area (TPSA) is 13.0 Å². The summed E-state index contributed by atoms with van der Waals surface area (Å²) >= 11 is 0. The third kappa shape index (κ3) is 3.05. The largest absolute Gasteiger partial charge is 0.326 e. The summed E-state index contributed by atoms with van der Waals surface area (Å²) in [5, 5.41) is 0. The molecule has 4 heteroatoms. The summed E-state index contributed by atoms with van der Waals surface area (Å²) in [4.78, 5) is 9.04. The van der Waals surface area contributed by atoms with Crippen molar-refractivity contribution in [3.05, 3.63) is 60.7 Å². The maximum absolute atomic E-state index is 2.29. The number of anilines is 2. The van der Waals surface area contributed by atoms with Gasteiger partial charge in [-0.25, -0.2) is 0 Å². The molecule has 2 aromatic carbocycles. The minimum absolute atomic E-state index is 0.442. The van der Waals surface area contributed by atoms with Crippen molar-refractivity contribution < 1.29 is 0 Å². The van der Waals surface area contributed by atoms with E-state index >= 15 is 0 Å². The minimum atomic E-state index is -0.442. The van der Waals surface area contributed by atoms with Gasteiger partial charge in [0, 0.05) is 25.5 Å². The molecule has 0 aliphatic rings. The average Bonchev–Trinajstić information content (AvgIpc) is 2.56. The maximum Gasteiger partial charge on any atom is 0.233 e. The van der Waals surface area contributed by atoms with Gasteiger partial charge in [-0.3, -0.25) is 9.80 Å². The average molecular weight is 312 g/mol. The van der Waals surface area contributed by atoms with Gasteiger partial charge in [-0.15, -0.1) is 0 Å². The molecular weight excluding hydrogens is 284 g/mol. The number of hydrogen-bond acceptors (Lipinski definition) is 4. The zero-order chi connectivity index (χ0) is 17.0. The van der Waals surface area contributed by atoms with E-state index in [0.717, 1.165) is 11.4 Å². The Morgan fingerprint density at radius 1 is 0.522 bits per heavy atom. The van der Waals surface area contributed by atoms with Crippen molar-refractivity contribution in [3.63, 3.8) is 0 Å². The van der Waals surface area contributed by atoms with Crippen LogP contribution >= 0.6 is 0 Å². The number of nitrogens with zero attached hydrogens (tertiary/aromatic N) is 4. The Balaban J connectivity index is 2.56. The zero-order valence-electron chi connectivity index (χ0n) is 15.1. The van der Waals surface area contributed by atoms with E-state index in [1.165, 1.54) is 0 Å². The Morgan fingerprint density at radius 2 is 0.826 bits per heavy atom. The first-order chi connectivity index (χ1) is 10.9. The first kappa shape index (κ1) is 17.3. The van der Waals surface area contributed by atoms with Crippen molar-refractivity contribution >= 4 is 11.4 Å². The summed E-state index contributed by atoms with van der Waals surface area (Å²) < 4.78 is 0. The van der Waals surface area contributed by atoms with Crippen molar-refractivity contribution in [3.8, 4) is 0 Å². The number of para-hydroxylation sites is 2. The molecule has 0 N–H and O–H groups in total. The predicted molar refractivity (Wildman–Crippen MR) is 99.8 cm³/mol. The van der Waals surface area contributed by atoms with Gasteiger partial charge in [-0.05, 0) is 52.5 Å². The lowest BCUT2D eigenvalue weighted by molar-refractivity contribution is 0.00592. The Labute approximate surface area is 140 Å². The molecule has 0 unspecified atom stereocenters. The lowest BCUT2D eigenvalue weighted by Crippen LogP contribution is -2.74. The molecule has 0 spiro atoms. The maximum atomic E-state index is 2.29. The van der Waals surface area contributed by atoms with Gasteiger partial charge < -0.3 is 9.80 Å². The van der Waals surface area contributed by atoms with E-state index in [4.69, 9.17) is 0 Å². The van der Waals surface area contributed by atoms with Crippen LogP contribution in [0, 0.1) is 0 Å². The van der Waals surface area contributed by atoms with E-state index in [1.54, 1.807) is 0 Å². The summed E-state index contributed by atoms with van der Waals surface area (Å²) in [7, 11) is 12.7. The van der Waals surface area contributed by atoms with Crippen LogP contribution in [0.4, 0.5) is 11.4 Å². The quantitative estimate of drug-likeness (QED) is 0.760. The molecule has 124 valence electrons. The second-order valence-electron chi connectivity index (χ2n) is 6.18. The summed E-state index contributed by atoms with van der Waals surface area (Å²) in [6.45, 7) is 0. The summed E-state index contributed by atoms with van der Waals surface area (Å²) in [6, 6.07) is 20.9. The molecule has 0 saturated carbocycles. The van der Waals surface area contributed by atoms with Crippen LogP contribution in [0.3, 0.4) is 0 Å². The van der Waals surface area contributed by atoms with E-state index < -0.39 is 5.91 Å². The van der Waals surface area contributed by atoms with E-state index in [2.05, 4.69) is 110 Å². The molecule has 0 saturated heterocycles. The molecule has 4 nitrogen and oxygen atoms in total. The Morgan fingerprint density at radius 3 is 1.09 bits per heavy atom. The zero-order valence-corrected chi connectivity index (χ0v) is 15.1. The molecule has 0 heterocycles. The number of hydrogen-bond donors (Lipinski definition) is 0. The summed E-state index contributed by atoms with van der Waals surface area (Å²) in [5.41, 5.74) is 2.33. The van der Waals surface area contributed by atoms with Crippen molar-refractivity contribution in [1.29, 1.82) is 0 Å². The van der Waals surface area contributed by atoms with E-state index in [-0.39, 0.29) is 0 Å². The van der Waals surface area contributed by atoms with Crippen LogP contribution in [-0.2, 0) is 0 Å². The summed E-state index contributed by atoms with van der Waals surface area (Å²) in [5.74, 6) is -0.442. The molecule has 0 amide bonds. The van der Waals surface area contributed by atoms with E-state index in [1.807, 2.05) is 12.1 Å². The molecule has 0 radical (unpaired) electrons. The van der Waals surface area contributed by atoms with Gasteiger partial charge in [0.15, 0.2) is 0 Å². The standard InChI is InChI=1S/C19H28N4/c1-20(2)19(21(3)4,22(5)17-13-9-7-10-14-17)23(6)18-15-11-8-12-16-18/h7-16H,1-6H3. The van der Waals surface area contributed by atoms with Crippen LogP contribution in [-0.4, -0.2) is 58.0 Å². The molecular formula is C19H28N4. The SMILES string of the molecule is CN(C)C(N(C)C)(N(C)c1ccccc1)N(C)c1ccccc1. The lowest BCUT2D eigenvalue weighted by atomic mass is 10.2. The molecule has 0 aromatic heterocycles. The van der Waals surface area contributed by atoms with Crippen LogP contribution in [0.5, 0.6) is 0 Å². The lowest BCUT2D eigenvalue weighted by Gasteiger charge is -2.56. The van der Waals surface area contributed by atoms with Crippen LogP contribution in [0.2, 0.25) is 0 Å². The molecule has 0 bridgehead atoms. The third-order valence-corrected chi connectivity index (χ3v) is 4.39. The molecule has 0 atom stereocenters. The van der Waals surface area contributed by atoms with Crippen LogP contribution in [0.15, 0.2) is 60.7 Å². The molecule has 0 aliphatic heterocycles. The minimum Gasteiger partial charge on any atom is -0.326 e. The van der Waals surface area contributed by atoms with Crippen molar-refractivity contribution in [2.75, 3.05) is 52.1 Å². The van der Waals surface area contributed by atoms with Crippen LogP contribution in [0.1, 0.15) is 0 Å². The Kier molecular flexibility index (Phi) is 5.29. The second kappa shape index (κ2) is 7.02. The molecule has 0 aliphatic carbocycles. The van der Waals surface area contributed by atoms with Gasteiger partial charge in [0.25, 0.3) is 0 Å². The normalized spacial score (nSPS) is 11.8. The molecule has 2 aromatic rings. The van der Waals surface area contributed by atoms with Gasteiger partial charge in [0.1, 0.15) is 0 Å². The first-order valence-corrected chi connectivity index (χ1v) is 7.85. The number of benzene rings is 2. The smallest absolute Gasteiger partial charge is 0.233 e.